The zero-order chi connectivity index (χ0) is 21.7. The Morgan fingerprint density at radius 2 is 1.93 bits per heavy atom. The molecule has 8 nitrogen and oxygen atoms in total. The molecule has 3 N–H and O–H groups in total. The molecule has 1 aromatic heterocycles. The van der Waals surface area contributed by atoms with Crippen LogP contribution in [0.25, 0.3) is 0 Å². The first kappa shape index (κ1) is 22.1. The summed E-state index contributed by atoms with van der Waals surface area (Å²) in [5.41, 5.74) is 6.90. The average molecular weight is 405 g/mol. The molecule has 9 heteroatoms. The number of halogens is 1. The van der Waals surface area contributed by atoms with Crippen molar-refractivity contribution < 1.29 is 28.2 Å². The van der Waals surface area contributed by atoms with Gasteiger partial charge >= 0.3 is 5.97 Å². The van der Waals surface area contributed by atoms with E-state index in [0.29, 0.717) is 11.3 Å². The zero-order valence-corrected chi connectivity index (χ0v) is 16.7. The minimum atomic E-state index is -1.18. The second-order valence-electron chi connectivity index (χ2n) is 6.53. The quantitative estimate of drug-likeness (QED) is 0.514. The van der Waals surface area contributed by atoms with Gasteiger partial charge in [0.25, 0.3) is 5.91 Å². The number of esters is 1. The first-order valence-electron chi connectivity index (χ1n) is 8.86. The van der Waals surface area contributed by atoms with Crippen LogP contribution in [-0.4, -0.2) is 55.0 Å². The highest BCUT2D eigenvalue weighted by molar-refractivity contribution is 6.02. The predicted molar refractivity (Wildman–Crippen MR) is 103 cm³/mol. The van der Waals surface area contributed by atoms with Gasteiger partial charge in [-0.05, 0) is 37.1 Å². The van der Waals surface area contributed by atoms with Crippen molar-refractivity contribution in [2.45, 2.75) is 19.9 Å². The van der Waals surface area contributed by atoms with Crippen LogP contribution in [-0.2, 0) is 14.3 Å². The molecule has 2 rings (SSSR count). The Bertz CT molecular complexity index is 925. The zero-order valence-electron chi connectivity index (χ0n) is 16.7. The summed E-state index contributed by atoms with van der Waals surface area (Å²) >= 11 is 0. The van der Waals surface area contributed by atoms with Crippen LogP contribution in [0.15, 0.2) is 24.3 Å². The van der Waals surface area contributed by atoms with Crippen molar-refractivity contribution in [1.29, 1.82) is 0 Å². The third-order valence-corrected chi connectivity index (χ3v) is 4.52. The minimum Gasteiger partial charge on any atom is -0.460 e. The Kier molecular flexibility index (Phi) is 7.11. The summed E-state index contributed by atoms with van der Waals surface area (Å²) in [6, 6.07) is 4.12. The fourth-order valence-corrected chi connectivity index (χ4v) is 3.11. The molecule has 0 fully saturated rings. The second kappa shape index (κ2) is 9.33. The number of hydrogen-bond acceptors (Lipinski definition) is 5. The van der Waals surface area contributed by atoms with Crippen molar-refractivity contribution in [2.75, 3.05) is 27.4 Å². The SMILES string of the molecule is COCCOC(=O)c1c(C)[nH]c(C(=O)N(C)C(C(N)=O)c2cccc(F)c2)c1C. The van der Waals surface area contributed by atoms with Crippen LogP contribution in [0, 0.1) is 19.7 Å². The van der Waals surface area contributed by atoms with E-state index in [0.717, 1.165) is 11.0 Å². The van der Waals surface area contributed by atoms with Crippen LogP contribution < -0.4 is 5.73 Å². The topological polar surface area (TPSA) is 115 Å². The number of rotatable bonds is 8. The van der Waals surface area contributed by atoms with Gasteiger partial charge in [-0.25, -0.2) is 9.18 Å². The van der Waals surface area contributed by atoms with E-state index in [-0.39, 0.29) is 30.0 Å². The number of aromatic nitrogens is 1. The summed E-state index contributed by atoms with van der Waals surface area (Å²) in [4.78, 5) is 41.4. The molecule has 0 saturated carbocycles. The number of nitrogens with one attached hydrogen (secondary N) is 1. The van der Waals surface area contributed by atoms with Crippen LogP contribution in [0.5, 0.6) is 0 Å². The first-order chi connectivity index (χ1) is 13.7. The number of methoxy groups -OCH3 is 1. The number of aromatic amines is 1. The molecular formula is C20H24FN3O5. The smallest absolute Gasteiger partial charge is 0.340 e. The molecule has 0 aliphatic carbocycles. The molecule has 156 valence electrons. The highest BCUT2D eigenvalue weighted by atomic mass is 19.1. The van der Waals surface area contributed by atoms with Gasteiger partial charge in [0.15, 0.2) is 0 Å². The molecule has 1 aromatic carbocycles. The Morgan fingerprint density at radius 3 is 2.52 bits per heavy atom. The standard InChI is InChI=1S/C20H24FN3O5/c1-11-15(20(27)29-9-8-28-4)12(2)23-16(11)19(26)24(3)17(18(22)25)13-6-5-7-14(21)10-13/h5-7,10,17,23H,8-9H2,1-4H3,(H2,22,25). The molecule has 1 heterocycles. The number of carbonyl (C=O) groups excluding carboxylic acids is 3. The number of ether oxygens (including phenoxy) is 2. The number of likely N-dealkylation sites (N-methyl/N-ethyl adjacent to an activating group) is 1. The van der Waals surface area contributed by atoms with Crippen molar-refractivity contribution in [3.05, 3.63) is 58.2 Å². The van der Waals surface area contributed by atoms with Gasteiger partial charge < -0.3 is 25.1 Å². The molecule has 1 unspecified atom stereocenters. The van der Waals surface area contributed by atoms with Crippen molar-refractivity contribution in [1.82, 2.24) is 9.88 Å². The number of aryl methyl sites for hydroxylation is 1. The Labute approximate surface area is 167 Å². The lowest BCUT2D eigenvalue weighted by molar-refractivity contribution is -0.122. The second-order valence-corrected chi connectivity index (χ2v) is 6.53. The van der Waals surface area contributed by atoms with E-state index in [2.05, 4.69) is 4.98 Å². The van der Waals surface area contributed by atoms with E-state index >= 15 is 0 Å². The van der Waals surface area contributed by atoms with Crippen LogP contribution in [0.4, 0.5) is 4.39 Å². The van der Waals surface area contributed by atoms with Crippen molar-refractivity contribution in [3.63, 3.8) is 0 Å². The molecule has 1 atom stereocenters. The number of primary amides is 1. The van der Waals surface area contributed by atoms with E-state index < -0.39 is 29.6 Å². The lowest BCUT2D eigenvalue weighted by Crippen LogP contribution is -2.39. The van der Waals surface area contributed by atoms with Gasteiger partial charge in [-0.3, -0.25) is 9.59 Å². The van der Waals surface area contributed by atoms with Crippen molar-refractivity contribution in [2.24, 2.45) is 5.73 Å². The normalized spacial score (nSPS) is 11.8. The molecule has 29 heavy (non-hydrogen) atoms. The monoisotopic (exact) mass is 405 g/mol. The maximum atomic E-state index is 13.6. The van der Waals surface area contributed by atoms with Crippen molar-refractivity contribution in [3.8, 4) is 0 Å². The Morgan fingerprint density at radius 1 is 1.24 bits per heavy atom. The summed E-state index contributed by atoms with van der Waals surface area (Å²) < 4.78 is 23.6. The number of H-pyrrole nitrogens is 1. The van der Waals surface area contributed by atoms with Gasteiger partial charge in [-0.15, -0.1) is 0 Å². The van der Waals surface area contributed by atoms with E-state index in [1.165, 1.54) is 32.4 Å². The number of nitrogens with zero attached hydrogens (tertiary/aromatic N) is 1. The van der Waals surface area contributed by atoms with Crippen molar-refractivity contribution >= 4 is 17.8 Å². The van der Waals surface area contributed by atoms with Gasteiger partial charge in [-0.2, -0.15) is 0 Å². The van der Waals surface area contributed by atoms with E-state index in [9.17, 15) is 18.8 Å². The lowest BCUT2D eigenvalue weighted by Gasteiger charge is -2.26. The van der Waals surface area contributed by atoms with E-state index in [1.54, 1.807) is 13.8 Å². The summed E-state index contributed by atoms with van der Waals surface area (Å²) in [5, 5.41) is 0. The van der Waals surface area contributed by atoms with Gasteiger partial charge in [-0.1, -0.05) is 12.1 Å². The van der Waals surface area contributed by atoms with Gasteiger partial charge in [0.2, 0.25) is 5.91 Å². The fraction of sp³-hybridized carbons (Fsp3) is 0.350. The van der Waals surface area contributed by atoms with Gasteiger partial charge in [0.05, 0.1) is 12.2 Å². The number of hydrogen-bond donors (Lipinski definition) is 2. The van der Waals surface area contributed by atoms with Gasteiger partial charge in [0.1, 0.15) is 24.2 Å². The molecule has 0 saturated heterocycles. The third kappa shape index (κ3) is 4.80. The Hall–Kier alpha value is -3.20. The first-order valence-corrected chi connectivity index (χ1v) is 8.86. The van der Waals surface area contributed by atoms with Gasteiger partial charge in [0, 0.05) is 19.9 Å². The average Bonchev–Trinajstić information content (AvgIpc) is 2.95. The molecule has 0 aliphatic heterocycles. The molecular weight excluding hydrogens is 381 g/mol. The summed E-state index contributed by atoms with van der Waals surface area (Å²) in [7, 11) is 2.87. The van der Waals surface area contributed by atoms with E-state index in [1.807, 2.05) is 0 Å². The third-order valence-electron chi connectivity index (χ3n) is 4.52. The molecule has 0 radical (unpaired) electrons. The summed E-state index contributed by atoms with van der Waals surface area (Å²) in [6.45, 7) is 3.55. The molecule has 0 spiro atoms. The maximum Gasteiger partial charge on any atom is 0.340 e. The number of amides is 2. The maximum absolute atomic E-state index is 13.6. The molecule has 2 aromatic rings. The number of carbonyl (C=O) groups is 3. The van der Waals surface area contributed by atoms with Crippen LogP contribution in [0.2, 0.25) is 0 Å². The highest BCUT2D eigenvalue weighted by Crippen LogP contribution is 2.25. The highest BCUT2D eigenvalue weighted by Gasteiger charge is 2.31. The number of benzene rings is 1. The summed E-state index contributed by atoms with van der Waals surface area (Å²) in [6.07, 6.45) is 0. The molecule has 0 aliphatic rings. The molecule has 0 bridgehead atoms. The Balaban J connectivity index is 2.34. The largest absolute Gasteiger partial charge is 0.460 e. The predicted octanol–water partition coefficient (Wildman–Crippen LogP) is 1.87. The minimum absolute atomic E-state index is 0.0753. The lowest BCUT2D eigenvalue weighted by atomic mass is 10.0. The van der Waals surface area contributed by atoms with Crippen LogP contribution in [0.1, 0.15) is 43.7 Å². The fourth-order valence-electron chi connectivity index (χ4n) is 3.11. The molecule has 2 amide bonds. The summed E-state index contributed by atoms with van der Waals surface area (Å²) in [5.74, 6) is -2.53. The van der Waals surface area contributed by atoms with Crippen LogP contribution in [0.3, 0.4) is 0 Å². The van der Waals surface area contributed by atoms with Crippen LogP contribution >= 0.6 is 0 Å². The van der Waals surface area contributed by atoms with E-state index in [4.69, 9.17) is 15.2 Å². The number of nitrogens with two attached hydrogens (primary N) is 1.